The van der Waals surface area contributed by atoms with E-state index in [1.165, 1.54) is 23.1 Å². The highest BCUT2D eigenvalue weighted by Crippen LogP contribution is 2.33. The molecular weight excluding hydrogens is 428 g/mol. The van der Waals surface area contributed by atoms with Crippen LogP contribution >= 0.6 is 34.7 Å². The maximum absolute atomic E-state index is 5.96. The fourth-order valence-electron chi connectivity index (χ4n) is 2.81. The molecule has 0 bridgehead atoms. The second-order valence-electron chi connectivity index (χ2n) is 5.97. The van der Waals surface area contributed by atoms with Gasteiger partial charge in [0.15, 0.2) is 15.3 Å². The molecule has 11 heteroatoms. The van der Waals surface area contributed by atoms with E-state index in [0.29, 0.717) is 23.1 Å². The van der Waals surface area contributed by atoms with Gasteiger partial charge in [-0.3, -0.25) is 4.98 Å². The molecule has 8 nitrogen and oxygen atoms in total. The molecule has 0 N–H and O–H groups in total. The number of imidazole rings is 1. The summed E-state index contributed by atoms with van der Waals surface area (Å²) in [5.74, 6) is 0.689. The van der Waals surface area contributed by atoms with E-state index >= 15 is 0 Å². The molecule has 0 saturated carbocycles. The average Bonchev–Trinajstić information content (AvgIpc) is 3.42. The number of rotatable bonds is 5. The third kappa shape index (κ3) is 3.50. The number of hydrogen-bond donors (Lipinski definition) is 0. The first kappa shape index (κ1) is 18.2. The van der Waals surface area contributed by atoms with Crippen LogP contribution in [0.1, 0.15) is 6.92 Å². The first-order valence-electron chi connectivity index (χ1n) is 8.71. The van der Waals surface area contributed by atoms with Gasteiger partial charge in [-0.1, -0.05) is 35.1 Å². The molecule has 29 heavy (non-hydrogen) atoms. The molecule has 144 valence electrons. The topological polar surface area (TPSA) is 86.7 Å². The lowest BCUT2D eigenvalue weighted by molar-refractivity contribution is 0.685. The van der Waals surface area contributed by atoms with Crippen LogP contribution in [0.2, 0.25) is 5.02 Å². The van der Waals surface area contributed by atoms with E-state index in [9.17, 15) is 0 Å². The Morgan fingerprint density at radius 1 is 1.10 bits per heavy atom. The van der Waals surface area contributed by atoms with Crippen molar-refractivity contribution in [2.45, 2.75) is 23.0 Å². The summed E-state index contributed by atoms with van der Waals surface area (Å²) in [6.45, 7) is 2.75. The summed E-state index contributed by atoms with van der Waals surface area (Å²) in [6, 6.07) is 7.60. The van der Waals surface area contributed by atoms with E-state index < -0.39 is 0 Å². The molecule has 0 aliphatic rings. The van der Waals surface area contributed by atoms with Crippen LogP contribution in [0.5, 0.6) is 0 Å². The molecule has 4 aromatic heterocycles. The summed E-state index contributed by atoms with van der Waals surface area (Å²) in [4.78, 5) is 13.9. The third-order valence-corrected chi connectivity index (χ3v) is 6.38. The SMILES string of the molecule is CCn1c(Sc2nn3cc(-c4ccc(Cl)cc4)nc3s2)nnc1-c1cnccn1. The second-order valence-corrected chi connectivity index (χ2v) is 8.58. The predicted octanol–water partition coefficient (Wildman–Crippen LogP) is 4.33. The molecule has 4 heterocycles. The van der Waals surface area contributed by atoms with Gasteiger partial charge in [0.05, 0.1) is 18.1 Å². The molecule has 0 aliphatic heterocycles. The van der Waals surface area contributed by atoms with Crippen molar-refractivity contribution in [3.63, 3.8) is 0 Å². The van der Waals surface area contributed by atoms with E-state index in [4.69, 9.17) is 11.6 Å². The molecular formula is C18H13ClN8S2. The number of hydrogen-bond acceptors (Lipinski definition) is 8. The average molecular weight is 441 g/mol. The van der Waals surface area contributed by atoms with Crippen LogP contribution in [-0.4, -0.2) is 39.3 Å². The van der Waals surface area contributed by atoms with Crippen LogP contribution in [0.4, 0.5) is 0 Å². The Balaban J connectivity index is 1.43. The van der Waals surface area contributed by atoms with Crippen molar-refractivity contribution in [1.29, 1.82) is 0 Å². The molecule has 0 spiro atoms. The summed E-state index contributed by atoms with van der Waals surface area (Å²) in [5, 5.41) is 14.7. The Bertz CT molecular complexity index is 1250. The molecule has 0 aliphatic carbocycles. The van der Waals surface area contributed by atoms with E-state index in [1.807, 2.05) is 42.0 Å². The van der Waals surface area contributed by atoms with Crippen LogP contribution < -0.4 is 0 Å². The van der Waals surface area contributed by atoms with E-state index in [0.717, 1.165) is 25.7 Å². The van der Waals surface area contributed by atoms with Gasteiger partial charge >= 0.3 is 0 Å². The zero-order valence-electron chi connectivity index (χ0n) is 15.1. The zero-order chi connectivity index (χ0) is 19.8. The van der Waals surface area contributed by atoms with Crippen molar-refractivity contribution < 1.29 is 0 Å². The lowest BCUT2D eigenvalue weighted by Gasteiger charge is -2.04. The molecule has 0 unspecified atom stereocenters. The Kier molecular flexibility index (Phi) is 4.74. The van der Waals surface area contributed by atoms with Crippen LogP contribution in [0.3, 0.4) is 0 Å². The van der Waals surface area contributed by atoms with E-state index in [-0.39, 0.29) is 0 Å². The number of nitrogens with zero attached hydrogens (tertiary/aromatic N) is 8. The van der Waals surface area contributed by atoms with Crippen LogP contribution in [0.25, 0.3) is 27.7 Å². The van der Waals surface area contributed by atoms with Crippen LogP contribution in [0.15, 0.2) is 58.5 Å². The lowest BCUT2D eigenvalue weighted by atomic mass is 10.2. The lowest BCUT2D eigenvalue weighted by Crippen LogP contribution is -2.00. The van der Waals surface area contributed by atoms with Crippen molar-refractivity contribution in [3.05, 3.63) is 54.1 Å². The summed E-state index contributed by atoms with van der Waals surface area (Å²) in [5.41, 5.74) is 2.55. The van der Waals surface area contributed by atoms with Crippen LogP contribution in [-0.2, 0) is 6.54 Å². The van der Waals surface area contributed by atoms with E-state index in [2.05, 4.69) is 30.2 Å². The maximum Gasteiger partial charge on any atom is 0.213 e. The minimum Gasteiger partial charge on any atom is -0.301 e. The van der Waals surface area contributed by atoms with Crippen molar-refractivity contribution in [1.82, 2.24) is 39.3 Å². The fourth-order valence-corrected chi connectivity index (χ4v) is 4.86. The standard InChI is InChI=1S/C18H13ClN8S2/c1-2-26-15(13-9-20-7-8-21-13)23-24-17(26)29-18-25-27-10-14(22-16(27)28-18)11-3-5-12(19)6-4-11/h3-10H,2H2,1H3. The fraction of sp³-hybridized carbons (Fsp3) is 0.111. The Morgan fingerprint density at radius 2 is 1.97 bits per heavy atom. The van der Waals surface area contributed by atoms with Crippen LogP contribution in [0, 0.1) is 0 Å². The summed E-state index contributed by atoms with van der Waals surface area (Å²) in [7, 11) is 0. The Labute approximate surface area is 178 Å². The largest absolute Gasteiger partial charge is 0.301 e. The molecule has 5 aromatic rings. The molecule has 0 fully saturated rings. The summed E-state index contributed by atoms with van der Waals surface area (Å²) >= 11 is 8.92. The molecule has 0 atom stereocenters. The van der Waals surface area contributed by atoms with Gasteiger partial charge in [0, 0.05) is 29.5 Å². The van der Waals surface area contributed by atoms with Gasteiger partial charge in [0.25, 0.3) is 0 Å². The molecule has 1 aromatic carbocycles. The van der Waals surface area contributed by atoms with Gasteiger partial charge in [-0.2, -0.15) is 0 Å². The number of fused-ring (bicyclic) bond motifs is 1. The monoisotopic (exact) mass is 440 g/mol. The second kappa shape index (κ2) is 7.54. The maximum atomic E-state index is 5.96. The van der Waals surface area contributed by atoms with Gasteiger partial charge < -0.3 is 4.57 Å². The highest BCUT2D eigenvalue weighted by Gasteiger charge is 2.18. The minimum absolute atomic E-state index is 0.689. The minimum atomic E-state index is 0.689. The smallest absolute Gasteiger partial charge is 0.213 e. The van der Waals surface area contributed by atoms with Crippen molar-refractivity contribution >= 4 is 39.7 Å². The normalized spacial score (nSPS) is 11.4. The van der Waals surface area contributed by atoms with Gasteiger partial charge in [-0.05, 0) is 30.8 Å². The summed E-state index contributed by atoms with van der Waals surface area (Å²) in [6.07, 6.45) is 6.87. The number of benzene rings is 1. The third-order valence-electron chi connectivity index (χ3n) is 4.17. The van der Waals surface area contributed by atoms with Crippen molar-refractivity contribution in [2.24, 2.45) is 0 Å². The first-order chi connectivity index (χ1) is 14.2. The highest BCUT2D eigenvalue weighted by atomic mass is 35.5. The predicted molar refractivity (Wildman–Crippen MR) is 112 cm³/mol. The first-order valence-corrected chi connectivity index (χ1v) is 10.7. The van der Waals surface area contributed by atoms with Crippen molar-refractivity contribution in [2.75, 3.05) is 0 Å². The summed E-state index contributed by atoms with van der Waals surface area (Å²) < 4.78 is 4.62. The van der Waals surface area contributed by atoms with Gasteiger partial charge in [0.2, 0.25) is 4.96 Å². The van der Waals surface area contributed by atoms with Gasteiger partial charge in [0.1, 0.15) is 5.69 Å². The molecule has 0 radical (unpaired) electrons. The highest BCUT2D eigenvalue weighted by molar-refractivity contribution is 8.01. The zero-order valence-corrected chi connectivity index (χ0v) is 17.5. The molecule has 0 saturated heterocycles. The van der Waals surface area contributed by atoms with E-state index in [1.54, 1.807) is 23.1 Å². The quantitative estimate of drug-likeness (QED) is 0.402. The Morgan fingerprint density at radius 3 is 2.69 bits per heavy atom. The molecule has 5 rings (SSSR count). The number of aromatic nitrogens is 8. The molecule has 0 amide bonds. The van der Waals surface area contributed by atoms with Gasteiger partial charge in [-0.25, -0.2) is 14.5 Å². The van der Waals surface area contributed by atoms with Crippen molar-refractivity contribution in [3.8, 4) is 22.8 Å². The Hall–Kier alpha value is -2.82. The number of halogens is 1. The van der Waals surface area contributed by atoms with Gasteiger partial charge in [-0.15, -0.1) is 15.3 Å².